The van der Waals surface area contributed by atoms with Crippen molar-refractivity contribution in [2.45, 2.75) is 25.8 Å². The second-order valence-corrected chi connectivity index (χ2v) is 3.04. The van der Waals surface area contributed by atoms with Crippen molar-refractivity contribution in [1.82, 2.24) is 0 Å². The first-order chi connectivity index (χ1) is 4.25. The number of alkyl halides is 1. The molecule has 1 nitrogen and oxygen atoms in total. The zero-order valence-corrected chi connectivity index (χ0v) is 5.81. The van der Waals surface area contributed by atoms with Crippen LogP contribution in [0.4, 0.5) is 4.39 Å². The van der Waals surface area contributed by atoms with Crippen LogP contribution in [0.2, 0.25) is 0 Å². The van der Waals surface area contributed by atoms with Crippen LogP contribution in [-0.4, -0.2) is 12.7 Å². The average Bonchev–Trinajstić information content (AvgIpc) is 2.12. The molecule has 1 aliphatic carbocycles. The van der Waals surface area contributed by atoms with Crippen LogP contribution in [-0.2, 0) is 0 Å². The molecular formula is C7H14FN. The van der Waals surface area contributed by atoms with E-state index in [1.54, 1.807) is 0 Å². The Kier molecular flexibility index (Phi) is 2.06. The van der Waals surface area contributed by atoms with Gasteiger partial charge in [0.05, 0.1) is 6.67 Å². The van der Waals surface area contributed by atoms with Crippen LogP contribution in [0.15, 0.2) is 0 Å². The quantitative estimate of drug-likeness (QED) is 0.570. The fourth-order valence-electron chi connectivity index (χ4n) is 1.57. The van der Waals surface area contributed by atoms with Crippen LogP contribution in [0.3, 0.4) is 0 Å². The standard InChI is InChI=1S/C7H14FN/c1-5-2-3-7(9)6(5)4-8/h5-7H,2-4,9H2,1H3/t5-,6+,7+/m1/s1. The van der Waals surface area contributed by atoms with Crippen molar-refractivity contribution < 1.29 is 4.39 Å². The normalized spacial score (nSPS) is 43.7. The van der Waals surface area contributed by atoms with Gasteiger partial charge in [0.1, 0.15) is 0 Å². The second kappa shape index (κ2) is 2.65. The third-order valence-electron chi connectivity index (χ3n) is 2.41. The topological polar surface area (TPSA) is 26.0 Å². The number of hydrogen-bond donors (Lipinski definition) is 1. The number of rotatable bonds is 1. The summed E-state index contributed by atoms with van der Waals surface area (Å²) in [6.07, 6.45) is 2.12. The van der Waals surface area contributed by atoms with Gasteiger partial charge >= 0.3 is 0 Å². The first kappa shape index (κ1) is 7.00. The molecule has 0 bridgehead atoms. The van der Waals surface area contributed by atoms with Gasteiger partial charge in [-0.2, -0.15) is 0 Å². The van der Waals surface area contributed by atoms with Crippen LogP contribution in [0, 0.1) is 11.8 Å². The molecule has 1 rings (SSSR count). The largest absolute Gasteiger partial charge is 0.327 e. The van der Waals surface area contributed by atoms with Crippen molar-refractivity contribution in [1.29, 1.82) is 0 Å². The molecule has 9 heavy (non-hydrogen) atoms. The molecule has 0 aromatic carbocycles. The Bertz CT molecular complexity index is 84.9. The van der Waals surface area contributed by atoms with E-state index in [0.29, 0.717) is 5.92 Å². The van der Waals surface area contributed by atoms with Gasteiger partial charge in [-0.05, 0) is 18.8 Å². The lowest BCUT2D eigenvalue weighted by atomic mass is 9.97. The lowest BCUT2D eigenvalue weighted by Crippen LogP contribution is -2.28. The lowest BCUT2D eigenvalue weighted by molar-refractivity contribution is 0.289. The molecule has 0 aliphatic heterocycles. The second-order valence-electron chi connectivity index (χ2n) is 3.04. The highest BCUT2D eigenvalue weighted by molar-refractivity contribution is 4.84. The smallest absolute Gasteiger partial charge is 0.0939 e. The van der Waals surface area contributed by atoms with E-state index in [0.717, 1.165) is 12.8 Å². The van der Waals surface area contributed by atoms with Crippen LogP contribution in [0.1, 0.15) is 19.8 Å². The summed E-state index contributed by atoms with van der Waals surface area (Å²) in [5.74, 6) is 0.648. The molecule has 2 heteroatoms. The van der Waals surface area contributed by atoms with Gasteiger partial charge in [0.25, 0.3) is 0 Å². The summed E-state index contributed by atoms with van der Waals surface area (Å²) < 4.78 is 12.1. The van der Waals surface area contributed by atoms with Crippen molar-refractivity contribution in [3.05, 3.63) is 0 Å². The highest BCUT2D eigenvalue weighted by Gasteiger charge is 2.30. The van der Waals surface area contributed by atoms with Crippen molar-refractivity contribution in [3.8, 4) is 0 Å². The summed E-state index contributed by atoms with van der Waals surface area (Å²) in [4.78, 5) is 0. The summed E-state index contributed by atoms with van der Waals surface area (Å²) in [7, 11) is 0. The molecule has 0 amide bonds. The van der Waals surface area contributed by atoms with E-state index in [2.05, 4.69) is 6.92 Å². The summed E-state index contributed by atoms with van der Waals surface area (Å²) in [5.41, 5.74) is 5.64. The minimum Gasteiger partial charge on any atom is -0.327 e. The van der Waals surface area contributed by atoms with Gasteiger partial charge in [-0.3, -0.25) is 4.39 Å². The maximum Gasteiger partial charge on any atom is 0.0939 e. The van der Waals surface area contributed by atoms with Crippen LogP contribution >= 0.6 is 0 Å². The van der Waals surface area contributed by atoms with Gasteiger partial charge in [-0.1, -0.05) is 6.92 Å². The molecule has 2 N–H and O–H groups in total. The molecule has 0 unspecified atom stereocenters. The highest BCUT2D eigenvalue weighted by Crippen LogP contribution is 2.30. The molecule has 1 saturated carbocycles. The summed E-state index contributed by atoms with van der Waals surface area (Å²) in [5, 5.41) is 0. The molecule has 54 valence electrons. The van der Waals surface area contributed by atoms with E-state index in [4.69, 9.17) is 5.73 Å². The van der Waals surface area contributed by atoms with E-state index in [1.807, 2.05) is 0 Å². The first-order valence-electron chi connectivity index (χ1n) is 3.57. The van der Waals surface area contributed by atoms with Crippen molar-refractivity contribution in [2.75, 3.05) is 6.67 Å². The van der Waals surface area contributed by atoms with Crippen molar-refractivity contribution in [3.63, 3.8) is 0 Å². The Morgan fingerprint density at radius 2 is 2.22 bits per heavy atom. The summed E-state index contributed by atoms with van der Waals surface area (Å²) >= 11 is 0. The van der Waals surface area contributed by atoms with Crippen molar-refractivity contribution >= 4 is 0 Å². The SMILES string of the molecule is C[C@@H]1CC[C@H](N)[C@H]1CF. The monoisotopic (exact) mass is 131 g/mol. The summed E-state index contributed by atoms with van der Waals surface area (Å²) in [6, 6.07) is 0.130. The Morgan fingerprint density at radius 1 is 1.56 bits per heavy atom. The Labute approximate surface area is 55.4 Å². The van der Waals surface area contributed by atoms with Gasteiger partial charge in [0.2, 0.25) is 0 Å². The predicted molar refractivity (Wildman–Crippen MR) is 35.8 cm³/mol. The zero-order valence-electron chi connectivity index (χ0n) is 5.81. The Hall–Kier alpha value is -0.110. The lowest BCUT2D eigenvalue weighted by Gasteiger charge is -2.14. The molecular weight excluding hydrogens is 117 g/mol. The molecule has 3 atom stereocenters. The maximum atomic E-state index is 12.1. The fourth-order valence-corrected chi connectivity index (χ4v) is 1.57. The Morgan fingerprint density at radius 3 is 2.44 bits per heavy atom. The molecule has 0 aromatic rings. The molecule has 0 aromatic heterocycles. The molecule has 0 heterocycles. The van der Waals surface area contributed by atoms with E-state index in [-0.39, 0.29) is 18.6 Å². The van der Waals surface area contributed by atoms with E-state index >= 15 is 0 Å². The minimum absolute atomic E-state index is 0.130. The molecule has 0 radical (unpaired) electrons. The van der Waals surface area contributed by atoms with Gasteiger partial charge in [-0.15, -0.1) is 0 Å². The van der Waals surface area contributed by atoms with Gasteiger partial charge in [0.15, 0.2) is 0 Å². The van der Waals surface area contributed by atoms with Crippen LogP contribution in [0.25, 0.3) is 0 Å². The highest BCUT2D eigenvalue weighted by atomic mass is 19.1. The molecule has 1 aliphatic rings. The number of nitrogens with two attached hydrogens (primary N) is 1. The molecule has 1 fully saturated rings. The van der Waals surface area contributed by atoms with Gasteiger partial charge in [-0.25, -0.2) is 0 Å². The van der Waals surface area contributed by atoms with E-state index in [1.165, 1.54) is 0 Å². The predicted octanol–water partition coefficient (Wildman–Crippen LogP) is 1.33. The molecule has 0 spiro atoms. The van der Waals surface area contributed by atoms with E-state index < -0.39 is 0 Å². The number of halogens is 1. The Balaban J connectivity index is 2.44. The third-order valence-corrected chi connectivity index (χ3v) is 2.41. The zero-order chi connectivity index (χ0) is 6.85. The van der Waals surface area contributed by atoms with Crippen LogP contribution in [0.5, 0.6) is 0 Å². The van der Waals surface area contributed by atoms with E-state index in [9.17, 15) is 4.39 Å². The van der Waals surface area contributed by atoms with Crippen molar-refractivity contribution in [2.24, 2.45) is 17.6 Å². The maximum absolute atomic E-state index is 12.1. The minimum atomic E-state index is -0.234. The average molecular weight is 131 g/mol. The van der Waals surface area contributed by atoms with Crippen LogP contribution < -0.4 is 5.73 Å². The third kappa shape index (κ3) is 1.23. The van der Waals surface area contributed by atoms with Gasteiger partial charge in [0, 0.05) is 12.0 Å². The molecule has 0 saturated heterocycles. The fraction of sp³-hybridized carbons (Fsp3) is 1.00. The number of hydrogen-bond acceptors (Lipinski definition) is 1. The first-order valence-corrected chi connectivity index (χ1v) is 3.57. The summed E-state index contributed by atoms with van der Waals surface area (Å²) in [6.45, 7) is 1.85. The van der Waals surface area contributed by atoms with Gasteiger partial charge < -0.3 is 5.73 Å².